The fraction of sp³-hybridized carbons (Fsp3) is 0.200. The number of sulfonamides is 1. The van der Waals surface area contributed by atoms with Crippen LogP contribution in [0.5, 0.6) is 0 Å². The fourth-order valence-corrected chi connectivity index (χ4v) is 5.08. The zero-order valence-electron chi connectivity index (χ0n) is 15.8. The molecule has 0 fully saturated rings. The van der Waals surface area contributed by atoms with E-state index in [1.165, 1.54) is 7.05 Å². The fourth-order valence-electron chi connectivity index (χ4n) is 2.67. The number of amides is 1. The van der Waals surface area contributed by atoms with Crippen LogP contribution in [0.4, 0.5) is 5.69 Å². The first-order chi connectivity index (χ1) is 13.3. The molecule has 2 N–H and O–H groups in total. The first-order valence-electron chi connectivity index (χ1n) is 8.69. The van der Waals surface area contributed by atoms with Crippen LogP contribution in [-0.2, 0) is 14.8 Å². The lowest BCUT2D eigenvalue weighted by Gasteiger charge is -2.10. The summed E-state index contributed by atoms with van der Waals surface area (Å²) >= 11 is 1.02. The number of carbonyl (C=O) groups excluding carboxylic acids is 1. The number of carbonyl (C=O) groups is 1. The van der Waals surface area contributed by atoms with Crippen molar-refractivity contribution in [2.45, 2.75) is 24.0 Å². The minimum Gasteiger partial charge on any atom is -0.325 e. The van der Waals surface area contributed by atoms with Crippen molar-refractivity contribution in [1.29, 1.82) is 0 Å². The second-order valence-corrected chi connectivity index (χ2v) is 9.40. The summed E-state index contributed by atoms with van der Waals surface area (Å²) in [6, 6.07) is 17.5. The smallest absolute Gasteiger partial charge is 0.251 e. The van der Waals surface area contributed by atoms with Gasteiger partial charge in [0.1, 0.15) is 5.01 Å². The highest BCUT2D eigenvalue weighted by Crippen LogP contribution is 2.29. The zero-order chi connectivity index (χ0) is 20.3. The molecule has 0 saturated carbocycles. The number of nitrogens with one attached hydrogen (secondary N) is 2. The highest BCUT2D eigenvalue weighted by Gasteiger charge is 2.25. The molecule has 0 bridgehead atoms. The molecule has 8 heteroatoms. The Bertz CT molecular complexity index is 1080. The molecular formula is C20H21N3O3S2. The van der Waals surface area contributed by atoms with E-state index in [-0.39, 0.29) is 10.1 Å². The summed E-state index contributed by atoms with van der Waals surface area (Å²) in [5.41, 5.74) is 3.23. The van der Waals surface area contributed by atoms with E-state index in [4.69, 9.17) is 0 Å². The van der Waals surface area contributed by atoms with Crippen LogP contribution in [-0.4, -0.2) is 26.4 Å². The van der Waals surface area contributed by atoms with Gasteiger partial charge in [-0.25, -0.2) is 18.1 Å². The summed E-state index contributed by atoms with van der Waals surface area (Å²) < 4.78 is 26.5. The number of thiazole rings is 1. The topological polar surface area (TPSA) is 88.2 Å². The predicted octanol–water partition coefficient (Wildman–Crippen LogP) is 3.77. The molecule has 3 rings (SSSR count). The summed E-state index contributed by atoms with van der Waals surface area (Å²) in [6.07, 6.45) is 0. The third-order valence-electron chi connectivity index (χ3n) is 4.31. The summed E-state index contributed by atoms with van der Waals surface area (Å²) in [5, 5.41) is 3.33. The minimum atomic E-state index is -3.58. The van der Waals surface area contributed by atoms with Crippen molar-refractivity contribution in [2.24, 2.45) is 0 Å². The van der Waals surface area contributed by atoms with Gasteiger partial charge < -0.3 is 5.32 Å². The van der Waals surface area contributed by atoms with E-state index in [1.54, 1.807) is 13.8 Å². The number of anilines is 1. The Morgan fingerprint density at radius 1 is 1.04 bits per heavy atom. The van der Waals surface area contributed by atoms with Crippen LogP contribution in [0.15, 0.2) is 58.8 Å². The highest BCUT2D eigenvalue weighted by molar-refractivity contribution is 7.91. The van der Waals surface area contributed by atoms with Crippen LogP contribution < -0.4 is 10.0 Å². The number of benzene rings is 2. The Labute approximate surface area is 168 Å². The highest BCUT2D eigenvalue weighted by atomic mass is 32.2. The van der Waals surface area contributed by atoms with Gasteiger partial charge in [-0.3, -0.25) is 4.79 Å². The van der Waals surface area contributed by atoms with E-state index in [0.717, 1.165) is 22.5 Å². The van der Waals surface area contributed by atoms with Crippen molar-refractivity contribution in [3.8, 4) is 11.1 Å². The number of rotatable bonds is 6. The van der Waals surface area contributed by atoms with Gasteiger partial charge in [-0.2, -0.15) is 0 Å². The third kappa shape index (κ3) is 4.30. The van der Waals surface area contributed by atoms with Gasteiger partial charge >= 0.3 is 0 Å². The van der Waals surface area contributed by atoms with Crippen LogP contribution in [0.3, 0.4) is 0 Å². The van der Waals surface area contributed by atoms with Crippen LogP contribution in [0.25, 0.3) is 11.1 Å². The van der Waals surface area contributed by atoms with Crippen molar-refractivity contribution >= 4 is 33.0 Å². The number of aromatic nitrogens is 1. The zero-order valence-corrected chi connectivity index (χ0v) is 17.4. The van der Waals surface area contributed by atoms with Crippen LogP contribution in [0.2, 0.25) is 0 Å². The number of hydrogen-bond acceptors (Lipinski definition) is 5. The van der Waals surface area contributed by atoms with Crippen molar-refractivity contribution in [2.75, 3.05) is 12.4 Å². The van der Waals surface area contributed by atoms with Gasteiger partial charge in [-0.1, -0.05) is 42.5 Å². The number of hydrogen-bond donors (Lipinski definition) is 2. The normalized spacial score (nSPS) is 12.5. The number of nitrogens with zero attached hydrogens (tertiary/aromatic N) is 1. The first kappa shape index (κ1) is 20.2. The largest absolute Gasteiger partial charge is 0.325 e. The minimum absolute atomic E-state index is 0.136. The lowest BCUT2D eigenvalue weighted by Crippen LogP contribution is -2.18. The monoisotopic (exact) mass is 415 g/mol. The maximum Gasteiger partial charge on any atom is 0.251 e. The molecule has 146 valence electrons. The van der Waals surface area contributed by atoms with Crippen LogP contribution in [0, 0.1) is 6.92 Å². The second-order valence-electron chi connectivity index (χ2n) is 6.29. The van der Waals surface area contributed by atoms with Crippen LogP contribution in [0.1, 0.15) is 23.5 Å². The molecule has 2 aromatic carbocycles. The quantitative estimate of drug-likeness (QED) is 0.641. The average Bonchev–Trinajstić information content (AvgIpc) is 3.11. The molecule has 1 atom stereocenters. The van der Waals surface area contributed by atoms with Crippen molar-refractivity contribution < 1.29 is 13.2 Å². The van der Waals surface area contributed by atoms with E-state index in [1.807, 2.05) is 54.6 Å². The maximum atomic E-state index is 12.6. The molecule has 0 spiro atoms. The van der Waals surface area contributed by atoms with E-state index < -0.39 is 15.9 Å². The van der Waals surface area contributed by atoms with Gasteiger partial charge in [0.15, 0.2) is 4.21 Å². The van der Waals surface area contributed by atoms with Gasteiger partial charge in [-0.05, 0) is 44.2 Å². The molecule has 6 nitrogen and oxygen atoms in total. The van der Waals surface area contributed by atoms with E-state index >= 15 is 0 Å². The molecular weight excluding hydrogens is 394 g/mol. The summed E-state index contributed by atoms with van der Waals surface area (Å²) in [5.74, 6) is -0.812. The molecule has 1 aromatic heterocycles. The Balaban J connectivity index is 1.74. The van der Waals surface area contributed by atoms with Gasteiger partial charge in [0, 0.05) is 5.69 Å². The molecule has 0 radical (unpaired) electrons. The maximum absolute atomic E-state index is 12.6. The Morgan fingerprint density at radius 3 is 2.25 bits per heavy atom. The standard InChI is InChI=1S/C20H21N3O3S2/c1-13(19-22-14(2)20(27-19)28(25,26)21-3)18(24)23-17-11-9-16(10-12-17)15-7-5-4-6-8-15/h4-13,21H,1-3H3,(H,23,24). The summed E-state index contributed by atoms with van der Waals surface area (Å²) in [6.45, 7) is 3.33. The average molecular weight is 416 g/mol. The third-order valence-corrected chi connectivity index (χ3v) is 7.67. The van der Waals surface area contributed by atoms with E-state index in [9.17, 15) is 13.2 Å². The first-order valence-corrected chi connectivity index (χ1v) is 11.0. The van der Waals surface area contributed by atoms with Gasteiger partial charge in [0.2, 0.25) is 5.91 Å². The molecule has 1 amide bonds. The van der Waals surface area contributed by atoms with Crippen LogP contribution >= 0.6 is 11.3 Å². The molecule has 1 unspecified atom stereocenters. The van der Waals surface area contributed by atoms with Crippen molar-refractivity contribution in [3.63, 3.8) is 0 Å². The van der Waals surface area contributed by atoms with Crippen molar-refractivity contribution in [3.05, 3.63) is 65.3 Å². The van der Waals surface area contributed by atoms with Gasteiger partial charge in [0.25, 0.3) is 10.0 Å². The molecule has 28 heavy (non-hydrogen) atoms. The Morgan fingerprint density at radius 2 is 1.64 bits per heavy atom. The molecule has 1 heterocycles. The SMILES string of the molecule is CNS(=O)(=O)c1sc(C(C)C(=O)Nc2ccc(-c3ccccc3)cc2)nc1C. The lowest BCUT2D eigenvalue weighted by atomic mass is 10.1. The Kier molecular flexibility index (Phi) is 5.93. The lowest BCUT2D eigenvalue weighted by molar-refractivity contribution is -0.117. The van der Waals surface area contributed by atoms with Gasteiger partial charge in [-0.15, -0.1) is 11.3 Å². The summed E-state index contributed by atoms with van der Waals surface area (Å²) in [4.78, 5) is 16.9. The molecule has 0 saturated heterocycles. The molecule has 0 aliphatic rings. The molecule has 0 aliphatic carbocycles. The molecule has 3 aromatic rings. The summed E-state index contributed by atoms with van der Waals surface area (Å²) in [7, 11) is -2.23. The Hall–Kier alpha value is -2.55. The van der Waals surface area contributed by atoms with E-state index in [0.29, 0.717) is 16.4 Å². The second kappa shape index (κ2) is 8.22. The number of aryl methyl sites for hydroxylation is 1. The predicted molar refractivity (Wildman–Crippen MR) is 112 cm³/mol. The molecule has 0 aliphatic heterocycles. The van der Waals surface area contributed by atoms with Gasteiger partial charge in [0.05, 0.1) is 11.6 Å². The van der Waals surface area contributed by atoms with E-state index in [2.05, 4.69) is 15.0 Å². The van der Waals surface area contributed by atoms with Crippen molar-refractivity contribution in [1.82, 2.24) is 9.71 Å².